The predicted molar refractivity (Wildman–Crippen MR) is 64.3 cm³/mol. The molecule has 0 aliphatic heterocycles. The van der Waals surface area contributed by atoms with Gasteiger partial charge in [-0.1, -0.05) is 19.1 Å². The minimum Gasteiger partial charge on any atom is -0.480 e. The van der Waals surface area contributed by atoms with Gasteiger partial charge in [-0.15, -0.1) is 0 Å². The summed E-state index contributed by atoms with van der Waals surface area (Å²) < 4.78 is 26.8. The van der Waals surface area contributed by atoms with Crippen LogP contribution in [0.15, 0.2) is 18.2 Å². The minimum absolute atomic E-state index is 0.164. The lowest BCUT2D eigenvalue weighted by Crippen LogP contribution is -2.39. The zero-order valence-corrected chi connectivity index (χ0v) is 10.7. The number of carboxylic acid groups (broad SMARTS) is 1. The van der Waals surface area contributed by atoms with Crippen molar-refractivity contribution in [3.8, 4) is 0 Å². The van der Waals surface area contributed by atoms with Crippen molar-refractivity contribution in [3.63, 3.8) is 0 Å². The lowest BCUT2D eigenvalue weighted by atomic mass is 10.0. The van der Waals surface area contributed by atoms with Gasteiger partial charge in [-0.25, -0.2) is 8.78 Å². The Morgan fingerprint density at radius 1 is 1.44 bits per heavy atom. The van der Waals surface area contributed by atoms with Crippen LogP contribution in [0.5, 0.6) is 0 Å². The van der Waals surface area contributed by atoms with Crippen LogP contribution in [0.2, 0.25) is 0 Å². The lowest BCUT2D eigenvalue weighted by Gasteiger charge is -2.30. The van der Waals surface area contributed by atoms with Gasteiger partial charge in [0.15, 0.2) is 11.6 Å². The Kier molecular flexibility index (Phi) is 4.78. The van der Waals surface area contributed by atoms with Crippen molar-refractivity contribution < 1.29 is 18.7 Å². The summed E-state index contributed by atoms with van der Waals surface area (Å²) in [4.78, 5) is 12.6. The number of rotatable bonds is 5. The number of hydrogen-bond acceptors (Lipinski definition) is 2. The summed E-state index contributed by atoms with van der Waals surface area (Å²) in [6.07, 6.45) is 0.396. The summed E-state index contributed by atoms with van der Waals surface area (Å²) in [5, 5.41) is 9.05. The van der Waals surface area contributed by atoms with Crippen LogP contribution in [0.1, 0.15) is 31.9 Å². The van der Waals surface area contributed by atoms with E-state index in [0.717, 1.165) is 6.07 Å². The van der Waals surface area contributed by atoms with Crippen LogP contribution in [-0.2, 0) is 4.79 Å². The summed E-state index contributed by atoms with van der Waals surface area (Å²) in [5.74, 6) is -2.81. The first-order valence-corrected chi connectivity index (χ1v) is 5.78. The average molecular weight is 257 g/mol. The molecule has 0 amide bonds. The van der Waals surface area contributed by atoms with E-state index in [-0.39, 0.29) is 5.56 Å². The molecule has 1 N–H and O–H groups in total. The first-order chi connectivity index (χ1) is 8.40. The van der Waals surface area contributed by atoms with Gasteiger partial charge in [-0.05, 0) is 26.5 Å². The zero-order valence-electron chi connectivity index (χ0n) is 10.7. The summed E-state index contributed by atoms with van der Waals surface area (Å²) >= 11 is 0. The van der Waals surface area contributed by atoms with Gasteiger partial charge in [0.2, 0.25) is 0 Å². The van der Waals surface area contributed by atoms with E-state index in [1.807, 2.05) is 0 Å². The third kappa shape index (κ3) is 2.85. The number of carboxylic acids is 1. The Bertz CT molecular complexity index is 437. The molecule has 2 unspecified atom stereocenters. The lowest BCUT2D eigenvalue weighted by molar-refractivity contribution is -0.143. The summed E-state index contributed by atoms with van der Waals surface area (Å²) in [5.41, 5.74) is 0.164. The van der Waals surface area contributed by atoms with Crippen LogP contribution in [0.4, 0.5) is 8.78 Å². The molecule has 0 fully saturated rings. The molecule has 0 aliphatic carbocycles. The highest BCUT2D eigenvalue weighted by molar-refractivity contribution is 5.73. The molecule has 3 nitrogen and oxygen atoms in total. The molecule has 2 atom stereocenters. The molecule has 1 aromatic rings. The summed E-state index contributed by atoms with van der Waals surface area (Å²) in [6.45, 7) is 3.40. The van der Waals surface area contributed by atoms with E-state index in [1.54, 1.807) is 20.9 Å². The maximum atomic E-state index is 13.6. The van der Waals surface area contributed by atoms with Crippen LogP contribution in [0.3, 0.4) is 0 Å². The number of likely N-dealkylation sites (N-methyl/N-ethyl adjacent to an activating group) is 1. The minimum atomic E-state index is -0.969. The van der Waals surface area contributed by atoms with Crippen molar-refractivity contribution in [1.82, 2.24) is 4.90 Å². The zero-order chi connectivity index (χ0) is 13.9. The topological polar surface area (TPSA) is 40.5 Å². The second-order valence-electron chi connectivity index (χ2n) is 4.25. The SMILES string of the molecule is CCC(C(=O)O)N(C)C(C)c1cccc(F)c1F. The van der Waals surface area contributed by atoms with Gasteiger partial charge in [-0.3, -0.25) is 9.69 Å². The second kappa shape index (κ2) is 5.91. The van der Waals surface area contributed by atoms with E-state index in [1.165, 1.54) is 17.0 Å². The van der Waals surface area contributed by atoms with E-state index >= 15 is 0 Å². The molecule has 0 saturated carbocycles. The quantitative estimate of drug-likeness (QED) is 0.881. The first kappa shape index (κ1) is 14.6. The first-order valence-electron chi connectivity index (χ1n) is 5.78. The third-order valence-electron chi connectivity index (χ3n) is 3.21. The average Bonchev–Trinajstić information content (AvgIpc) is 2.32. The van der Waals surface area contributed by atoms with E-state index in [0.29, 0.717) is 6.42 Å². The monoisotopic (exact) mass is 257 g/mol. The fraction of sp³-hybridized carbons (Fsp3) is 0.462. The number of benzene rings is 1. The maximum Gasteiger partial charge on any atom is 0.320 e. The fourth-order valence-electron chi connectivity index (χ4n) is 1.97. The van der Waals surface area contributed by atoms with Crippen molar-refractivity contribution in [2.75, 3.05) is 7.05 Å². The van der Waals surface area contributed by atoms with Gasteiger partial charge in [0, 0.05) is 11.6 Å². The number of hydrogen-bond donors (Lipinski definition) is 1. The molecule has 18 heavy (non-hydrogen) atoms. The smallest absolute Gasteiger partial charge is 0.320 e. The molecular formula is C13H17F2NO2. The predicted octanol–water partition coefficient (Wildman–Crippen LogP) is 2.82. The van der Waals surface area contributed by atoms with Gasteiger partial charge >= 0.3 is 5.97 Å². The van der Waals surface area contributed by atoms with Gasteiger partial charge in [-0.2, -0.15) is 0 Å². The fourth-order valence-corrected chi connectivity index (χ4v) is 1.97. The molecule has 0 saturated heterocycles. The van der Waals surface area contributed by atoms with Crippen LogP contribution in [0.25, 0.3) is 0 Å². The maximum absolute atomic E-state index is 13.6. The molecule has 0 aliphatic rings. The molecule has 0 radical (unpaired) electrons. The Morgan fingerprint density at radius 3 is 2.56 bits per heavy atom. The van der Waals surface area contributed by atoms with E-state index in [4.69, 9.17) is 5.11 Å². The van der Waals surface area contributed by atoms with Gasteiger partial charge in [0.1, 0.15) is 6.04 Å². The van der Waals surface area contributed by atoms with Crippen molar-refractivity contribution in [2.24, 2.45) is 0 Å². The van der Waals surface area contributed by atoms with Crippen LogP contribution in [0, 0.1) is 11.6 Å². The number of halogens is 2. The van der Waals surface area contributed by atoms with Crippen LogP contribution >= 0.6 is 0 Å². The van der Waals surface area contributed by atoms with Gasteiger partial charge in [0.25, 0.3) is 0 Å². The third-order valence-corrected chi connectivity index (χ3v) is 3.21. The summed E-state index contributed by atoms with van der Waals surface area (Å²) in [6, 6.07) is 2.69. The van der Waals surface area contributed by atoms with Crippen molar-refractivity contribution in [2.45, 2.75) is 32.4 Å². The highest BCUT2D eigenvalue weighted by Crippen LogP contribution is 2.25. The molecule has 0 heterocycles. The van der Waals surface area contributed by atoms with E-state index in [9.17, 15) is 13.6 Å². The normalized spacial score (nSPS) is 14.6. The highest BCUT2D eigenvalue weighted by Gasteiger charge is 2.27. The van der Waals surface area contributed by atoms with Crippen LogP contribution < -0.4 is 0 Å². The van der Waals surface area contributed by atoms with Crippen molar-refractivity contribution >= 4 is 5.97 Å². The Morgan fingerprint density at radius 2 is 2.06 bits per heavy atom. The Hall–Kier alpha value is -1.49. The Balaban J connectivity index is 3.02. The number of nitrogens with zero attached hydrogens (tertiary/aromatic N) is 1. The van der Waals surface area contributed by atoms with Gasteiger partial charge < -0.3 is 5.11 Å². The van der Waals surface area contributed by atoms with Crippen molar-refractivity contribution in [1.29, 1.82) is 0 Å². The molecule has 0 bridgehead atoms. The molecule has 100 valence electrons. The largest absolute Gasteiger partial charge is 0.480 e. The standard InChI is InChI=1S/C13H17F2NO2/c1-4-11(13(17)18)16(3)8(2)9-6-5-7-10(14)12(9)15/h5-8,11H,4H2,1-3H3,(H,17,18). The highest BCUT2D eigenvalue weighted by atomic mass is 19.2. The van der Waals surface area contributed by atoms with E-state index < -0.39 is 29.7 Å². The Labute approximate surface area is 105 Å². The van der Waals surface area contributed by atoms with Crippen LogP contribution in [-0.4, -0.2) is 29.1 Å². The number of carbonyl (C=O) groups is 1. The molecule has 0 spiro atoms. The van der Waals surface area contributed by atoms with Gasteiger partial charge in [0.05, 0.1) is 0 Å². The van der Waals surface area contributed by atoms with E-state index in [2.05, 4.69) is 0 Å². The molecule has 0 aromatic heterocycles. The number of aliphatic carboxylic acids is 1. The summed E-state index contributed by atoms with van der Waals surface area (Å²) in [7, 11) is 1.59. The second-order valence-corrected chi connectivity index (χ2v) is 4.25. The molecule has 5 heteroatoms. The van der Waals surface area contributed by atoms with Crippen molar-refractivity contribution in [3.05, 3.63) is 35.4 Å². The molecule has 1 rings (SSSR count). The molecule has 1 aromatic carbocycles. The molecular weight excluding hydrogens is 240 g/mol.